The van der Waals surface area contributed by atoms with Gasteiger partial charge in [0.05, 0.1) is 10.9 Å². The minimum Gasteiger partial charge on any atom is -0.508 e. The zero-order valence-electron chi connectivity index (χ0n) is 12.7. The highest BCUT2D eigenvalue weighted by atomic mass is 16.4. The Morgan fingerprint density at radius 3 is 2.52 bits per heavy atom. The lowest BCUT2D eigenvalue weighted by molar-refractivity contribution is 0.454. The molecule has 0 fully saturated rings. The standard InChI is InChI=1S/C19H18O4/c20-14-8-5-7-13(12-14)6-1-2-10-16-18(21)15-9-3-4-11-17(15)23-19(16)22/h3-5,7-9,11-12,20-21H,1-2,6,10H2. The number of aromatic hydroxyl groups is 2. The summed E-state index contributed by atoms with van der Waals surface area (Å²) in [7, 11) is 0. The molecule has 1 heterocycles. The van der Waals surface area contributed by atoms with E-state index in [1.54, 1.807) is 36.4 Å². The fourth-order valence-corrected chi connectivity index (χ4v) is 2.74. The summed E-state index contributed by atoms with van der Waals surface area (Å²) in [5.41, 5.74) is 1.32. The van der Waals surface area contributed by atoms with Crippen LogP contribution in [0.25, 0.3) is 11.0 Å². The van der Waals surface area contributed by atoms with Gasteiger partial charge in [-0.2, -0.15) is 0 Å². The number of para-hydroxylation sites is 1. The van der Waals surface area contributed by atoms with Crippen molar-refractivity contribution >= 4 is 11.0 Å². The lowest BCUT2D eigenvalue weighted by Crippen LogP contribution is -2.08. The maximum atomic E-state index is 12.0. The van der Waals surface area contributed by atoms with E-state index < -0.39 is 5.63 Å². The first-order valence-corrected chi connectivity index (χ1v) is 7.67. The van der Waals surface area contributed by atoms with Crippen LogP contribution in [0.1, 0.15) is 24.0 Å². The molecule has 4 nitrogen and oxygen atoms in total. The maximum Gasteiger partial charge on any atom is 0.343 e. The van der Waals surface area contributed by atoms with Gasteiger partial charge in [-0.1, -0.05) is 24.3 Å². The third-order valence-corrected chi connectivity index (χ3v) is 3.93. The number of unbranched alkanes of at least 4 members (excludes halogenated alkanes) is 1. The second-order valence-corrected chi connectivity index (χ2v) is 5.59. The molecule has 3 rings (SSSR count). The normalized spacial score (nSPS) is 11.0. The summed E-state index contributed by atoms with van der Waals surface area (Å²) in [4.78, 5) is 12.0. The van der Waals surface area contributed by atoms with E-state index in [-0.39, 0.29) is 11.5 Å². The van der Waals surface area contributed by atoms with Gasteiger partial charge in [0.1, 0.15) is 17.1 Å². The fraction of sp³-hybridized carbons (Fsp3) is 0.211. The highest BCUT2D eigenvalue weighted by molar-refractivity contribution is 5.83. The van der Waals surface area contributed by atoms with Crippen LogP contribution in [-0.4, -0.2) is 10.2 Å². The first kappa shape index (κ1) is 15.2. The van der Waals surface area contributed by atoms with Gasteiger partial charge >= 0.3 is 5.63 Å². The number of phenols is 1. The summed E-state index contributed by atoms with van der Waals surface area (Å²) in [6.07, 6.45) is 2.90. The smallest absolute Gasteiger partial charge is 0.343 e. The quantitative estimate of drug-likeness (QED) is 0.556. The lowest BCUT2D eigenvalue weighted by atomic mass is 10.0. The van der Waals surface area contributed by atoms with E-state index in [4.69, 9.17) is 4.42 Å². The molecule has 0 aliphatic heterocycles. The molecular weight excluding hydrogens is 292 g/mol. The van der Waals surface area contributed by atoms with E-state index >= 15 is 0 Å². The lowest BCUT2D eigenvalue weighted by Gasteiger charge is -2.06. The maximum absolute atomic E-state index is 12.0. The van der Waals surface area contributed by atoms with E-state index in [2.05, 4.69) is 0 Å². The SMILES string of the molecule is O=c1oc2ccccc2c(O)c1CCCCc1cccc(O)c1. The zero-order valence-corrected chi connectivity index (χ0v) is 12.7. The van der Waals surface area contributed by atoms with Crippen molar-refractivity contribution in [3.05, 3.63) is 70.1 Å². The fourth-order valence-electron chi connectivity index (χ4n) is 2.74. The number of hydrogen-bond acceptors (Lipinski definition) is 4. The van der Waals surface area contributed by atoms with Crippen molar-refractivity contribution in [2.45, 2.75) is 25.7 Å². The monoisotopic (exact) mass is 310 g/mol. The largest absolute Gasteiger partial charge is 0.508 e. The molecule has 0 saturated heterocycles. The average Bonchev–Trinajstić information content (AvgIpc) is 2.54. The predicted octanol–water partition coefficient (Wildman–Crippen LogP) is 3.77. The molecule has 23 heavy (non-hydrogen) atoms. The minimum absolute atomic E-state index is 0.0224. The van der Waals surface area contributed by atoms with Crippen molar-refractivity contribution in [2.24, 2.45) is 0 Å². The molecule has 0 amide bonds. The van der Waals surface area contributed by atoms with Crippen LogP contribution in [0.4, 0.5) is 0 Å². The number of fused-ring (bicyclic) bond motifs is 1. The first-order valence-electron chi connectivity index (χ1n) is 7.67. The van der Waals surface area contributed by atoms with E-state index in [0.29, 0.717) is 23.0 Å². The van der Waals surface area contributed by atoms with Crippen LogP contribution in [0.5, 0.6) is 11.5 Å². The van der Waals surface area contributed by atoms with Gasteiger partial charge in [-0.15, -0.1) is 0 Å². The topological polar surface area (TPSA) is 70.7 Å². The Morgan fingerprint density at radius 1 is 0.913 bits per heavy atom. The molecule has 2 N–H and O–H groups in total. The van der Waals surface area contributed by atoms with Gasteiger partial charge in [0.2, 0.25) is 0 Å². The van der Waals surface area contributed by atoms with Crippen LogP contribution in [0.3, 0.4) is 0 Å². The van der Waals surface area contributed by atoms with Gasteiger partial charge in [0.15, 0.2) is 0 Å². The van der Waals surface area contributed by atoms with Crippen LogP contribution >= 0.6 is 0 Å². The van der Waals surface area contributed by atoms with Gasteiger partial charge < -0.3 is 14.6 Å². The van der Waals surface area contributed by atoms with E-state index in [1.165, 1.54) is 0 Å². The van der Waals surface area contributed by atoms with Gasteiger partial charge in [-0.3, -0.25) is 0 Å². The summed E-state index contributed by atoms with van der Waals surface area (Å²) < 4.78 is 5.26. The summed E-state index contributed by atoms with van der Waals surface area (Å²) in [5.74, 6) is 0.282. The molecule has 4 heteroatoms. The van der Waals surface area contributed by atoms with Crippen molar-refractivity contribution in [3.63, 3.8) is 0 Å². The van der Waals surface area contributed by atoms with E-state index in [1.807, 2.05) is 12.1 Å². The summed E-state index contributed by atoms with van der Waals surface area (Å²) in [5, 5.41) is 20.3. The Bertz CT molecular complexity index is 880. The van der Waals surface area contributed by atoms with Crippen molar-refractivity contribution in [2.75, 3.05) is 0 Å². The number of phenolic OH excluding ortho intramolecular Hbond substituents is 1. The molecule has 0 radical (unpaired) electrons. The van der Waals surface area contributed by atoms with Crippen LogP contribution in [-0.2, 0) is 12.8 Å². The van der Waals surface area contributed by atoms with Gasteiger partial charge in [-0.25, -0.2) is 4.79 Å². The highest BCUT2D eigenvalue weighted by Crippen LogP contribution is 2.27. The van der Waals surface area contributed by atoms with Crippen LogP contribution < -0.4 is 5.63 Å². The van der Waals surface area contributed by atoms with Crippen LogP contribution in [0, 0.1) is 0 Å². The van der Waals surface area contributed by atoms with Crippen LogP contribution in [0.2, 0.25) is 0 Å². The summed E-state index contributed by atoms with van der Waals surface area (Å²) >= 11 is 0. The summed E-state index contributed by atoms with van der Waals surface area (Å²) in [6, 6.07) is 14.1. The molecule has 3 aromatic rings. The predicted molar refractivity (Wildman–Crippen MR) is 88.9 cm³/mol. The Hall–Kier alpha value is -2.75. The minimum atomic E-state index is -0.474. The molecule has 0 spiro atoms. The van der Waals surface area contributed by atoms with Crippen molar-refractivity contribution in [3.8, 4) is 11.5 Å². The molecule has 0 aliphatic rings. The van der Waals surface area contributed by atoms with Gasteiger partial charge in [-0.05, 0) is 55.5 Å². The number of hydrogen-bond donors (Lipinski definition) is 2. The molecule has 1 aromatic heterocycles. The zero-order chi connectivity index (χ0) is 16.2. The van der Waals surface area contributed by atoms with Crippen molar-refractivity contribution < 1.29 is 14.6 Å². The van der Waals surface area contributed by atoms with Gasteiger partial charge in [0, 0.05) is 0 Å². The Morgan fingerprint density at radius 2 is 1.70 bits per heavy atom. The Labute approximate surface area is 133 Å². The molecule has 0 saturated carbocycles. The van der Waals surface area contributed by atoms with Crippen molar-refractivity contribution in [1.29, 1.82) is 0 Å². The second-order valence-electron chi connectivity index (χ2n) is 5.59. The summed E-state index contributed by atoms with van der Waals surface area (Å²) in [6.45, 7) is 0. The first-order chi connectivity index (χ1) is 11.1. The molecule has 0 unspecified atom stereocenters. The number of aryl methyl sites for hydroxylation is 1. The molecule has 0 aliphatic carbocycles. The second kappa shape index (κ2) is 6.57. The molecule has 2 aromatic carbocycles. The molecule has 118 valence electrons. The molecular formula is C19H18O4. The van der Waals surface area contributed by atoms with Crippen LogP contribution in [0.15, 0.2) is 57.7 Å². The highest BCUT2D eigenvalue weighted by Gasteiger charge is 2.13. The average molecular weight is 310 g/mol. The third-order valence-electron chi connectivity index (χ3n) is 3.93. The van der Waals surface area contributed by atoms with E-state index in [0.717, 1.165) is 24.8 Å². The number of rotatable bonds is 5. The van der Waals surface area contributed by atoms with Crippen molar-refractivity contribution in [1.82, 2.24) is 0 Å². The van der Waals surface area contributed by atoms with Gasteiger partial charge in [0.25, 0.3) is 0 Å². The third kappa shape index (κ3) is 3.37. The Kier molecular flexibility index (Phi) is 4.33. The van der Waals surface area contributed by atoms with E-state index in [9.17, 15) is 15.0 Å². The Balaban J connectivity index is 1.69. The number of benzene rings is 2. The molecule has 0 atom stereocenters. The molecule has 0 bridgehead atoms.